The first-order chi connectivity index (χ1) is 18.8. The quantitative estimate of drug-likeness (QED) is 0.235. The summed E-state index contributed by atoms with van der Waals surface area (Å²) in [7, 11) is 0. The van der Waals surface area contributed by atoms with Crippen LogP contribution in [-0.4, -0.2) is 21.7 Å². The van der Waals surface area contributed by atoms with E-state index in [1.54, 1.807) is 36.5 Å². The van der Waals surface area contributed by atoms with Gasteiger partial charge in [-0.05, 0) is 77.9 Å². The van der Waals surface area contributed by atoms with E-state index in [9.17, 15) is 23.5 Å². The molecule has 4 aromatic rings. The summed E-state index contributed by atoms with van der Waals surface area (Å²) in [5.41, 5.74) is 6.07. The number of carbonyl (C=O) groups is 2. The first kappa shape index (κ1) is 26.2. The second-order valence-electron chi connectivity index (χ2n) is 9.94. The minimum atomic E-state index is -0.677. The smallest absolute Gasteiger partial charge is 0.159 e. The topological polar surface area (TPSA) is 67.3 Å². The molecule has 0 radical (unpaired) electrons. The molecule has 5 rings (SSSR count). The van der Waals surface area contributed by atoms with Gasteiger partial charge in [-0.3, -0.25) is 14.6 Å². The molecule has 1 atom stereocenters. The molecule has 1 N–H and O–H groups in total. The lowest BCUT2D eigenvalue weighted by atomic mass is 9.85. The maximum atomic E-state index is 14.1. The van der Waals surface area contributed by atoms with E-state index in [4.69, 9.17) is 0 Å². The lowest BCUT2D eigenvalue weighted by Gasteiger charge is -2.20. The number of rotatable bonds is 9. The lowest BCUT2D eigenvalue weighted by molar-refractivity contribution is -0.118. The Hall–Kier alpha value is -4.45. The van der Waals surface area contributed by atoms with Gasteiger partial charge in [-0.1, -0.05) is 42.5 Å². The number of hydrogen-bond acceptors (Lipinski definition) is 4. The van der Waals surface area contributed by atoms with E-state index in [0.717, 1.165) is 33.9 Å². The molecule has 39 heavy (non-hydrogen) atoms. The second kappa shape index (κ2) is 11.1. The maximum absolute atomic E-state index is 14.1. The number of aromatic nitrogens is 1. The number of aromatic hydroxyl groups is 1. The molecule has 1 aliphatic rings. The number of carbonyl (C=O) groups excluding carboxylic acids is 2. The fourth-order valence-electron chi connectivity index (χ4n) is 5.26. The summed E-state index contributed by atoms with van der Waals surface area (Å²) in [6.45, 7) is 1.50. The number of phenols is 1. The Labute approximate surface area is 225 Å². The molecule has 0 aliphatic heterocycles. The Morgan fingerprint density at radius 3 is 2.41 bits per heavy atom. The predicted molar refractivity (Wildman–Crippen MR) is 147 cm³/mol. The summed E-state index contributed by atoms with van der Waals surface area (Å²) in [4.78, 5) is 29.8. The number of fused-ring (bicyclic) bond motifs is 1. The zero-order valence-corrected chi connectivity index (χ0v) is 21.5. The molecule has 0 amide bonds. The van der Waals surface area contributed by atoms with Crippen LogP contribution in [0.1, 0.15) is 58.4 Å². The number of allylic oxidation sites excluding steroid dienone is 2. The van der Waals surface area contributed by atoms with Crippen molar-refractivity contribution in [3.63, 3.8) is 0 Å². The number of nitrogens with zero attached hydrogens (tertiary/aromatic N) is 1. The van der Waals surface area contributed by atoms with Crippen LogP contribution in [0.4, 0.5) is 8.78 Å². The van der Waals surface area contributed by atoms with Gasteiger partial charge in [-0.15, -0.1) is 0 Å². The summed E-state index contributed by atoms with van der Waals surface area (Å²) in [6.07, 6.45) is 4.85. The number of phenolic OH excluding ortho intramolecular Hbond substituents is 1. The Kier molecular flexibility index (Phi) is 7.46. The molecule has 0 saturated carbocycles. The van der Waals surface area contributed by atoms with Gasteiger partial charge < -0.3 is 5.11 Å². The summed E-state index contributed by atoms with van der Waals surface area (Å²) in [5.74, 6) is -1.74. The highest BCUT2D eigenvalue weighted by Gasteiger charge is 2.24. The van der Waals surface area contributed by atoms with Gasteiger partial charge in [0.1, 0.15) is 23.2 Å². The Morgan fingerprint density at radius 2 is 1.69 bits per heavy atom. The van der Waals surface area contributed by atoms with Crippen LogP contribution >= 0.6 is 0 Å². The van der Waals surface area contributed by atoms with Crippen LogP contribution in [-0.2, 0) is 17.6 Å². The standard InChI is InChI=1S/C33H27F2NO3/c1-20(37)22-4-6-23(7-5-22)31-3-2-12-36-33(31)26(13-21-14-27(34)18-28(35)15-21)17-30(39)16-25-9-8-24-10-11-29(38)19-32(24)25/h2-7,9-12,14-15,18-19,26,38H,8,13,16-17H2,1H3/t26-/m1/s1. The molecule has 1 aliphatic carbocycles. The van der Waals surface area contributed by atoms with Crippen molar-refractivity contribution in [2.75, 3.05) is 0 Å². The fourth-order valence-corrected chi connectivity index (χ4v) is 5.26. The maximum Gasteiger partial charge on any atom is 0.159 e. The molecule has 4 nitrogen and oxygen atoms in total. The number of hydrogen-bond donors (Lipinski definition) is 1. The van der Waals surface area contributed by atoms with Crippen molar-refractivity contribution in [1.82, 2.24) is 4.98 Å². The van der Waals surface area contributed by atoms with E-state index < -0.39 is 17.6 Å². The summed E-state index contributed by atoms with van der Waals surface area (Å²) >= 11 is 0. The van der Waals surface area contributed by atoms with Gasteiger partial charge in [0.05, 0.1) is 5.69 Å². The molecule has 1 aromatic heterocycles. The molecular weight excluding hydrogens is 496 g/mol. The van der Waals surface area contributed by atoms with Gasteiger partial charge >= 0.3 is 0 Å². The third-order valence-corrected chi connectivity index (χ3v) is 7.10. The summed E-state index contributed by atoms with van der Waals surface area (Å²) in [6, 6.07) is 19.4. The van der Waals surface area contributed by atoms with E-state index in [2.05, 4.69) is 4.98 Å². The Morgan fingerprint density at radius 1 is 0.949 bits per heavy atom. The monoisotopic (exact) mass is 523 g/mol. The number of ketones is 2. The van der Waals surface area contributed by atoms with E-state index in [-0.39, 0.29) is 36.6 Å². The van der Waals surface area contributed by atoms with Crippen molar-refractivity contribution >= 4 is 17.1 Å². The van der Waals surface area contributed by atoms with Crippen molar-refractivity contribution in [1.29, 1.82) is 0 Å². The average molecular weight is 524 g/mol. The van der Waals surface area contributed by atoms with Gasteiger partial charge in [0, 0.05) is 42.1 Å². The van der Waals surface area contributed by atoms with Crippen LogP contribution < -0.4 is 0 Å². The third kappa shape index (κ3) is 6.01. The fraction of sp³-hybridized carbons (Fsp3) is 0.182. The average Bonchev–Trinajstić information content (AvgIpc) is 3.29. The molecule has 196 valence electrons. The number of halogens is 2. The van der Waals surface area contributed by atoms with Crippen molar-refractivity contribution in [3.8, 4) is 16.9 Å². The van der Waals surface area contributed by atoms with Crippen LogP contribution in [0.15, 0.2) is 85.1 Å². The highest BCUT2D eigenvalue weighted by molar-refractivity contribution is 5.95. The van der Waals surface area contributed by atoms with Crippen LogP contribution in [0, 0.1) is 11.6 Å². The van der Waals surface area contributed by atoms with Crippen LogP contribution in [0.2, 0.25) is 0 Å². The van der Waals surface area contributed by atoms with E-state index in [1.165, 1.54) is 19.1 Å². The SMILES string of the molecule is CC(=O)c1ccc(-c2cccnc2[C@@H](CC(=O)CC2=CCc3ccc(O)cc32)Cc2cc(F)cc(F)c2)cc1. The molecule has 6 heteroatoms. The van der Waals surface area contributed by atoms with E-state index in [0.29, 0.717) is 23.2 Å². The molecule has 0 fully saturated rings. The van der Waals surface area contributed by atoms with Gasteiger partial charge in [0.2, 0.25) is 0 Å². The number of pyridine rings is 1. The van der Waals surface area contributed by atoms with Crippen molar-refractivity contribution < 1.29 is 23.5 Å². The van der Waals surface area contributed by atoms with Gasteiger partial charge in [0.25, 0.3) is 0 Å². The first-order valence-corrected chi connectivity index (χ1v) is 12.8. The molecular formula is C33H27F2NO3. The normalized spacial score (nSPS) is 13.1. The highest BCUT2D eigenvalue weighted by Crippen LogP contribution is 2.36. The van der Waals surface area contributed by atoms with E-state index in [1.807, 2.05) is 30.3 Å². The van der Waals surface area contributed by atoms with Gasteiger partial charge in [-0.25, -0.2) is 8.78 Å². The highest BCUT2D eigenvalue weighted by atomic mass is 19.1. The Bertz CT molecular complexity index is 1570. The first-order valence-electron chi connectivity index (χ1n) is 12.8. The molecule has 0 unspecified atom stereocenters. The van der Waals surface area contributed by atoms with Gasteiger partial charge in [0.15, 0.2) is 5.78 Å². The number of benzene rings is 3. The molecule has 0 bridgehead atoms. The van der Waals surface area contributed by atoms with Gasteiger partial charge in [-0.2, -0.15) is 0 Å². The van der Waals surface area contributed by atoms with Crippen molar-refractivity contribution in [3.05, 3.63) is 125 Å². The minimum Gasteiger partial charge on any atom is -0.508 e. The summed E-state index contributed by atoms with van der Waals surface area (Å²) in [5, 5.41) is 9.94. The molecule has 0 saturated heterocycles. The van der Waals surface area contributed by atoms with Crippen LogP contribution in [0.5, 0.6) is 5.75 Å². The number of Topliss-reactive ketones (excluding diaryl/α,β-unsaturated/α-hetero) is 2. The van der Waals surface area contributed by atoms with Crippen LogP contribution in [0.3, 0.4) is 0 Å². The van der Waals surface area contributed by atoms with E-state index >= 15 is 0 Å². The largest absolute Gasteiger partial charge is 0.508 e. The van der Waals surface area contributed by atoms with Crippen LogP contribution in [0.25, 0.3) is 16.7 Å². The minimum absolute atomic E-state index is 0.0390. The third-order valence-electron chi connectivity index (χ3n) is 7.10. The predicted octanol–water partition coefficient (Wildman–Crippen LogP) is 7.25. The van der Waals surface area contributed by atoms with Crippen molar-refractivity contribution in [2.45, 2.75) is 38.5 Å². The second-order valence-corrected chi connectivity index (χ2v) is 9.94. The molecule has 0 spiro atoms. The molecule has 1 heterocycles. The zero-order chi connectivity index (χ0) is 27.5. The zero-order valence-electron chi connectivity index (χ0n) is 21.5. The lowest BCUT2D eigenvalue weighted by Crippen LogP contribution is -2.13. The van der Waals surface area contributed by atoms with Crippen molar-refractivity contribution in [2.24, 2.45) is 0 Å². The Balaban J connectivity index is 1.47. The summed E-state index contributed by atoms with van der Waals surface area (Å²) < 4.78 is 28.1. The molecule has 3 aromatic carbocycles.